The third-order valence-electron chi connectivity index (χ3n) is 2.32. The number of benzene rings is 1. The Hall–Kier alpha value is -0.480. The molecule has 0 aliphatic carbocycles. The zero-order chi connectivity index (χ0) is 11.3. The van der Waals surface area contributed by atoms with Crippen LogP contribution in [0.3, 0.4) is 0 Å². The summed E-state index contributed by atoms with van der Waals surface area (Å²) >= 11 is 5.92. The van der Waals surface area contributed by atoms with E-state index in [1.165, 1.54) is 0 Å². The maximum absolute atomic E-state index is 6.00. The van der Waals surface area contributed by atoms with Crippen LogP contribution in [0.4, 0.5) is 0 Å². The zero-order valence-corrected chi connectivity index (χ0v) is 10.9. The summed E-state index contributed by atoms with van der Waals surface area (Å²) in [4.78, 5) is 0. The highest BCUT2D eigenvalue weighted by molar-refractivity contribution is 6.32. The fourth-order valence-electron chi connectivity index (χ4n) is 1.41. The van der Waals surface area contributed by atoms with Gasteiger partial charge in [-0.2, -0.15) is 0 Å². The Morgan fingerprint density at radius 3 is 2.69 bits per heavy atom. The zero-order valence-electron chi connectivity index (χ0n) is 9.28. The van der Waals surface area contributed by atoms with Crippen molar-refractivity contribution in [3.05, 3.63) is 28.8 Å². The first-order valence-electron chi connectivity index (χ1n) is 4.98. The summed E-state index contributed by atoms with van der Waals surface area (Å²) in [6, 6.07) is 5.60. The molecule has 5 heteroatoms. The van der Waals surface area contributed by atoms with Crippen LogP contribution in [0.25, 0.3) is 0 Å². The second kappa shape index (κ2) is 7.74. The van der Waals surface area contributed by atoms with Crippen LogP contribution >= 0.6 is 24.0 Å². The van der Waals surface area contributed by atoms with Crippen molar-refractivity contribution in [3.63, 3.8) is 0 Å². The van der Waals surface area contributed by atoms with Gasteiger partial charge in [-0.25, -0.2) is 0 Å². The Morgan fingerprint density at radius 1 is 1.44 bits per heavy atom. The molecule has 4 N–H and O–H groups in total. The molecule has 0 aliphatic heterocycles. The van der Waals surface area contributed by atoms with Gasteiger partial charge in [0.05, 0.1) is 12.1 Å². The van der Waals surface area contributed by atoms with Crippen LogP contribution in [0.2, 0.25) is 5.02 Å². The molecule has 1 atom stereocenters. The Morgan fingerprint density at radius 2 is 2.12 bits per heavy atom. The van der Waals surface area contributed by atoms with E-state index in [1.54, 1.807) is 13.2 Å². The molecule has 0 aliphatic rings. The Kier molecular flexibility index (Phi) is 7.51. The standard InChI is InChI=1S/C11H17ClN2O.ClH/c1-15-11-7-8(4-5-9(11)12)10(14)3-2-6-13;/h4-5,7,10H,2-3,6,13-14H2,1H3;1H/t10-;/m0./s1. The van der Waals surface area contributed by atoms with Crippen molar-refractivity contribution in [1.29, 1.82) is 0 Å². The van der Waals surface area contributed by atoms with Gasteiger partial charge in [-0.3, -0.25) is 0 Å². The first kappa shape index (κ1) is 15.5. The highest BCUT2D eigenvalue weighted by Crippen LogP contribution is 2.28. The molecule has 0 amide bonds. The normalized spacial score (nSPS) is 11.8. The number of methoxy groups -OCH3 is 1. The molecule has 3 nitrogen and oxygen atoms in total. The minimum Gasteiger partial charge on any atom is -0.495 e. The van der Waals surface area contributed by atoms with E-state index in [9.17, 15) is 0 Å². The predicted octanol–water partition coefficient (Wildman–Crippen LogP) is 2.51. The minimum absolute atomic E-state index is 0. The minimum atomic E-state index is -0.000262. The molecule has 0 aromatic heterocycles. The van der Waals surface area contributed by atoms with Crippen LogP contribution in [-0.2, 0) is 0 Å². The van der Waals surface area contributed by atoms with Crippen molar-refractivity contribution in [1.82, 2.24) is 0 Å². The van der Waals surface area contributed by atoms with Crippen molar-refractivity contribution in [2.75, 3.05) is 13.7 Å². The van der Waals surface area contributed by atoms with E-state index in [0.717, 1.165) is 18.4 Å². The van der Waals surface area contributed by atoms with Gasteiger partial charge in [0.15, 0.2) is 0 Å². The average Bonchev–Trinajstić information content (AvgIpc) is 2.26. The van der Waals surface area contributed by atoms with Crippen molar-refractivity contribution in [2.45, 2.75) is 18.9 Å². The van der Waals surface area contributed by atoms with Gasteiger partial charge in [-0.05, 0) is 37.1 Å². The van der Waals surface area contributed by atoms with Crippen molar-refractivity contribution < 1.29 is 4.74 Å². The highest BCUT2D eigenvalue weighted by Gasteiger charge is 2.08. The molecule has 16 heavy (non-hydrogen) atoms. The van der Waals surface area contributed by atoms with Gasteiger partial charge in [0.2, 0.25) is 0 Å². The van der Waals surface area contributed by atoms with Gasteiger partial charge in [0.1, 0.15) is 5.75 Å². The summed E-state index contributed by atoms with van der Waals surface area (Å²) in [5.74, 6) is 0.664. The first-order chi connectivity index (χ1) is 7.19. The van der Waals surface area contributed by atoms with Crippen LogP contribution in [0.15, 0.2) is 18.2 Å². The fraction of sp³-hybridized carbons (Fsp3) is 0.455. The molecule has 0 saturated carbocycles. The van der Waals surface area contributed by atoms with Gasteiger partial charge < -0.3 is 16.2 Å². The molecule has 0 bridgehead atoms. The van der Waals surface area contributed by atoms with Gasteiger partial charge >= 0.3 is 0 Å². The number of ether oxygens (including phenoxy) is 1. The van der Waals surface area contributed by atoms with Crippen LogP contribution in [0, 0.1) is 0 Å². The lowest BCUT2D eigenvalue weighted by Gasteiger charge is -2.13. The molecule has 0 spiro atoms. The molecule has 0 heterocycles. The second-order valence-corrected chi connectivity index (χ2v) is 3.84. The van der Waals surface area contributed by atoms with Crippen LogP contribution < -0.4 is 16.2 Å². The van der Waals surface area contributed by atoms with Gasteiger partial charge in [-0.15, -0.1) is 12.4 Å². The quantitative estimate of drug-likeness (QED) is 0.859. The third-order valence-corrected chi connectivity index (χ3v) is 2.63. The van der Waals surface area contributed by atoms with E-state index in [2.05, 4.69) is 0 Å². The molecule has 0 unspecified atom stereocenters. The maximum Gasteiger partial charge on any atom is 0.137 e. The second-order valence-electron chi connectivity index (χ2n) is 3.43. The van der Waals surface area contributed by atoms with E-state index >= 15 is 0 Å². The highest BCUT2D eigenvalue weighted by atomic mass is 35.5. The lowest BCUT2D eigenvalue weighted by molar-refractivity contribution is 0.414. The lowest BCUT2D eigenvalue weighted by Crippen LogP contribution is -2.12. The molecular formula is C11H18Cl2N2O. The van der Waals surface area contributed by atoms with Gasteiger partial charge in [0.25, 0.3) is 0 Å². The Bertz CT molecular complexity index is 321. The summed E-state index contributed by atoms with van der Waals surface area (Å²) in [6.45, 7) is 0.665. The van der Waals surface area contributed by atoms with Crippen molar-refractivity contribution >= 4 is 24.0 Å². The third kappa shape index (κ3) is 4.18. The molecule has 1 aromatic rings. The summed E-state index contributed by atoms with van der Waals surface area (Å²) in [7, 11) is 1.59. The number of hydrogen-bond acceptors (Lipinski definition) is 3. The van der Waals surface area contributed by atoms with Crippen LogP contribution in [0.1, 0.15) is 24.4 Å². The Balaban J connectivity index is 0.00000225. The predicted molar refractivity (Wildman–Crippen MR) is 70.5 cm³/mol. The summed E-state index contributed by atoms with van der Waals surface area (Å²) in [5.41, 5.74) is 12.5. The number of hydrogen-bond donors (Lipinski definition) is 2. The number of nitrogens with two attached hydrogens (primary N) is 2. The summed E-state index contributed by atoms with van der Waals surface area (Å²) in [5, 5.41) is 0.604. The van der Waals surface area contributed by atoms with E-state index in [1.807, 2.05) is 12.1 Å². The van der Waals surface area contributed by atoms with Crippen LogP contribution in [0.5, 0.6) is 5.75 Å². The molecule has 0 radical (unpaired) electrons. The monoisotopic (exact) mass is 264 g/mol. The maximum atomic E-state index is 6.00. The van der Waals surface area contributed by atoms with E-state index in [4.69, 9.17) is 27.8 Å². The van der Waals surface area contributed by atoms with Gasteiger partial charge in [0, 0.05) is 6.04 Å². The SMILES string of the molecule is COc1cc([C@@H](N)CCCN)ccc1Cl.Cl. The van der Waals surface area contributed by atoms with E-state index < -0.39 is 0 Å². The number of halogens is 2. The Labute approximate surface area is 108 Å². The smallest absolute Gasteiger partial charge is 0.137 e. The van der Waals surface area contributed by atoms with Crippen molar-refractivity contribution in [2.24, 2.45) is 11.5 Å². The lowest BCUT2D eigenvalue weighted by atomic mass is 10.0. The van der Waals surface area contributed by atoms with E-state index in [-0.39, 0.29) is 18.4 Å². The topological polar surface area (TPSA) is 61.3 Å². The van der Waals surface area contributed by atoms with Crippen LogP contribution in [-0.4, -0.2) is 13.7 Å². The largest absolute Gasteiger partial charge is 0.495 e. The summed E-state index contributed by atoms with van der Waals surface area (Å²) in [6.07, 6.45) is 1.80. The van der Waals surface area contributed by atoms with Crippen molar-refractivity contribution in [3.8, 4) is 5.75 Å². The number of rotatable bonds is 5. The molecule has 0 fully saturated rings. The fourth-order valence-corrected chi connectivity index (χ4v) is 1.61. The van der Waals surface area contributed by atoms with Gasteiger partial charge in [-0.1, -0.05) is 17.7 Å². The first-order valence-corrected chi connectivity index (χ1v) is 5.36. The average molecular weight is 265 g/mol. The molecule has 1 aromatic carbocycles. The molecule has 1 rings (SSSR count). The summed E-state index contributed by atoms with van der Waals surface area (Å²) < 4.78 is 5.13. The van der Waals surface area contributed by atoms with E-state index in [0.29, 0.717) is 17.3 Å². The molecule has 92 valence electrons. The molecular weight excluding hydrogens is 247 g/mol. The molecule has 0 saturated heterocycles.